The van der Waals surface area contributed by atoms with Gasteiger partial charge in [-0.2, -0.15) is 5.26 Å². The second kappa shape index (κ2) is 7.42. The Hall–Kier alpha value is -3.13. The van der Waals surface area contributed by atoms with Crippen molar-refractivity contribution < 1.29 is 14.3 Å². The predicted molar refractivity (Wildman–Crippen MR) is 90.6 cm³/mol. The maximum Gasteiger partial charge on any atom is 0.338 e. The minimum atomic E-state index is -0.954. The number of nitrogens with one attached hydrogen (secondary N) is 1. The second-order valence-electron chi connectivity index (χ2n) is 5.53. The largest absolute Gasteiger partial charge is 0.449 e. The van der Waals surface area contributed by atoms with E-state index in [0.717, 1.165) is 11.1 Å². The molecule has 0 aromatic heterocycles. The molecule has 0 radical (unpaired) electrons. The van der Waals surface area contributed by atoms with Crippen LogP contribution in [0.2, 0.25) is 0 Å². The quantitative estimate of drug-likeness (QED) is 0.875. The Morgan fingerprint density at radius 2 is 1.88 bits per heavy atom. The number of rotatable bonds is 4. The Labute approximate surface area is 140 Å². The van der Waals surface area contributed by atoms with Crippen molar-refractivity contribution in [3.05, 3.63) is 64.7 Å². The van der Waals surface area contributed by atoms with E-state index in [2.05, 4.69) is 5.32 Å². The third-order valence-electron chi connectivity index (χ3n) is 3.65. The summed E-state index contributed by atoms with van der Waals surface area (Å²) >= 11 is 0. The van der Waals surface area contributed by atoms with Crippen molar-refractivity contribution in [1.29, 1.82) is 5.26 Å². The molecule has 0 fully saturated rings. The van der Waals surface area contributed by atoms with Crippen LogP contribution in [0.1, 0.15) is 34.0 Å². The first-order chi connectivity index (χ1) is 11.4. The van der Waals surface area contributed by atoms with Crippen LogP contribution in [0.5, 0.6) is 0 Å². The molecule has 2 aromatic rings. The number of carbonyl (C=O) groups excluding carboxylic acids is 2. The zero-order valence-electron chi connectivity index (χ0n) is 13.8. The summed E-state index contributed by atoms with van der Waals surface area (Å²) in [6.07, 6.45) is -0.954. The van der Waals surface area contributed by atoms with Crippen LogP contribution in [0.25, 0.3) is 0 Å². The lowest BCUT2D eigenvalue weighted by atomic mass is 10.1. The van der Waals surface area contributed by atoms with E-state index in [4.69, 9.17) is 10.00 Å². The van der Waals surface area contributed by atoms with Gasteiger partial charge in [0.2, 0.25) is 0 Å². The number of ether oxygens (including phenoxy) is 1. The SMILES string of the molecule is Cc1ccc(C(=O)O[C@@H](C)C(=O)Nc2cccc(C#N)c2)cc1C. The number of hydrogen-bond donors (Lipinski definition) is 1. The van der Waals surface area contributed by atoms with Gasteiger partial charge >= 0.3 is 5.97 Å². The van der Waals surface area contributed by atoms with Crippen molar-refractivity contribution >= 4 is 17.6 Å². The molecule has 1 atom stereocenters. The monoisotopic (exact) mass is 322 g/mol. The molecule has 1 N–H and O–H groups in total. The lowest BCUT2D eigenvalue weighted by Gasteiger charge is -2.14. The van der Waals surface area contributed by atoms with Gasteiger partial charge < -0.3 is 10.1 Å². The van der Waals surface area contributed by atoms with E-state index in [1.54, 1.807) is 36.4 Å². The van der Waals surface area contributed by atoms with Crippen molar-refractivity contribution in [2.75, 3.05) is 5.32 Å². The Morgan fingerprint density at radius 3 is 2.54 bits per heavy atom. The summed E-state index contributed by atoms with van der Waals surface area (Å²) < 4.78 is 5.21. The molecule has 24 heavy (non-hydrogen) atoms. The fraction of sp³-hybridized carbons (Fsp3) is 0.211. The zero-order valence-corrected chi connectivity index (χ0v) is 13.8. The molecule has 0 saturated heterocycles. The van der Waals surface area contributed by atoms with Gasteiger partial charge in [-0.25, -0.2) is 4.79 Å². The van der Waals surface area contributed by atoms with Crippen LogP contribution in [0, 0.1) is 25.2 Å². The second-order valence-corrected chi connectivity index (χ2v) is 5.53. The average Bonchev–Trinajstić information content (AvgIpc) is 2.57. The molecule has 0 aliphatic carbocycles. The van der Waals surface area contributed by atoms with Crippen LogP contribution in [0.15, 0.2) is 42.5 Å². The lowest BCUT2D eigenvalue weighted by molar-refractivity contribution is -0.123. The average molecular weight is 322 g/mol. The molecule has 0 aliphatic heterocycles. The van der Waals surface area contributed by atoms with Crippen LogP contribution in [-0.4, -0.2) is 18.0 Å². The van der Waals surface area contributed by atoms with Crippen LogP contribution in [0.3, 0.4) is 0 Å². The summed E-state index contributed by atoms with van der Waals surface area (Å²) in [5, 5.41) is 11.5. The fourth-order valence-corrected chi connectivity index (χ4v) is 2.06. The lowest BCUT2D eigenvalue weighted by Crippen LogP contribution is -2.30. The minimum Gasteiger partial charge on any atom is -0.449 e. The standard InChI is InChI=1S/C19H18N2O3/c1-12-7-8-16(9-13(12)2)19(23)24-14(3)18(22)21-17-6-4-5-15(10-17)11-20/h4-10,14H,1-3H3,(H,21,22)/t14-/m0/s1. The molecule has 0 spiro atoms. The molecule has 0 unspecified atom stereocenters. The summed E-state index contributed by atoms with van der Waals surface area (Å²) in [7, 11) is 0. The van der Waals surface area contributed by atoms with Crippen LogP contribution in [0.4, 0.5) is 5.69 Å². The number of hydrogen-bond acceptors (Lipinski definition) is 4. The van der Waals surface area contributed by atoms with Crippen molar-refractivity contribution in [1.82, 2.24) is 0 Å². The smallest absolute Gasteiger partial charge is 0.338 e. The summed E-state index contributed by atoms with van der Waals surface area (Å²) in [6, 6.07) is 13.8. The van der Waals surface area contributed by atoms with Gasteiger partial charge in [0, 0.05) is 5.69 Å². The first-order valence-corrected chi connectivity index (χ1v) is 7.50. The number of amides is 1. The first-order valence-electron chi connectivity index (χ1n) is 7.50. The number of aryl methyl sites for hydroxylation is 2. The molecule has 1 amide bonds. The normalized spacial score (nSPS) is 11.2. The third kappa shape index (κ3) is 4.20. The van der Waals surface area contributed by atoms with Crippen LogP contribution in [-0.2, 0) is 9.53 Å². The van der Waals surface area contributed by atoms with Gasteiger partial charge in [-0.15, -0.1) is 0 Å². The molecule has 5 heteroatoms. The highest BCUT2D eigenvalue weighted by Crippen LogP contribution is 2.13. The van der Waals surface area contributed by atoms with Crippen LogP contribution < -0.4 is 5.32 Å². The topological polar surface area (TPSA) is 79.2 Å². The molecule has 2 rings (SSSR count). The fourth-order valence-electron chi connectivity index (χ4n) is 2.06. The van der Waals surface area contributed by atoms with E-state index in [0.29, 0.717) is 16.8 Å². The number of nitrogens with zero attached hydrogens (tertiary/aromatic N) is 1. The van der Waals surface area contributed by atoms with Gasteiger partial charge in [0.15, 0.2) is 6.10 Å². The number of benzene rings is 2. The Bertz CT molecular complexity index is 822. The molecule has 0 bridgehead atoms. The minimum absolute atomic E-state index is 0.407. The Balaban J connectivity index is 2.01. The highest BCUT2D eigenvalue weighted by atomic mass is 16.5. The summed E-state index contributed by atoms with van der Waals surface area (Å²) in [6.45, 7) is 5.36. The summed E-state index contributed by atoms with van der Waals surface area (Å²) in [5.41, 5.74) is 3.38. The van der Waals surface area contributed by atoms with Gasteiger partial charge in [0.25, 0.3) is 5.91 Å². The van der Waals surface area contributed by atoms with Gasteiger partial charge in [0.05, 0.1) is 17.2 Å². The van der Waals surface area contributed by atoms with Crippen LogP contribution >= 0.6 is 0 Å². The molecule has 0 aliphatic rings. The Kier molecular flexibility index (Phi) is 5.33. The van der Waals surface area contributed by atoms with Crippen molar-refractivity contribution in [3.8, 4) is 6.07 Å². The third-order valence-corrected chi connectivity index (χ3v) is 3.65. The van der Waals surface area contributed by atoms with E-state index in [1.807, 2.05) is 26.0 Å². The summed E-state index contributed by atoms with van der Waals surface area (Å²) in [4.78, 5) is 24.3. The molecule has 2 aromatic carbocycles. The van der Waals surface area contributed by atoms with Gasteiger partial charge in [0.1, 0.15) is 0 Å². The number of esters is 1. The zero-order chi connectivity index (χ0) is 17.7. The molecule has 0 saturated carbocycles. The number of anilines is 1. The van der Waals surface area contributed by atoms with Gasteiger partial charge in [-0.3, -0.25) is 4.79 Å². The molecule has 122 valence electrons. The number of nitriles is 1. The van der Waals surface area contributed by atoms with E-state index in [9.17, 15) is 9.59 Å². The van der Waals surface area contributed by atoms with Crippen molar-refractivity contribution in [2.24, 2.45) is 0 Å². The number of carbonyl (C=O) groups is 2. The Morgan fingerprint density at radius 1 is 1.12 bits per heavy atom. The van der Waals surface area contributed by atoms with Gasteiger partial charge in [-0.1, -0.05) is 12.1 Å². The maximum atomic E-state index is 12.1. The van der Waals surface area contributed by atoms with E-state index in [1.165, 1.54) is 6.92 Å². The van der Waals surface area contributed by atoms with Gasteiger partial charge in [-0.05, 0) is 62.2 Å². The predicted octanol–water partition coefficient (Wildman–Crippen LogP) is 3.36. The highest BCUT2D eigenvalue weighted by Gasteiger charge is 2.19. The summed E-state index contributed by atoms with van der Waals surface area (Å²) in [5.74, 6) is -1.01. The molecular formula is C19H18N2O3. The van der Waals surface area contributed by atoms with E-state index in [-0.39, 0.29) is 0 Å². The molecule has 0 heterocycles. The van der Waals surface area contributed by atoms with E-state index >= 15 is 0 Å². The van der Waals surface area contributed by atoms with Crippen molar-refractivity contribution in [3.63, 3.8) is 0 Å². The first kappa shape index (κ1) is 17.2. The van der Waals surface area contributed by atoms with Crippen molar-refractivity contribution in [2.45, 2.75) is 26.9 Å². The highest BCUT2D eigenvalue weighted by molar-refractivity contribution is 5.97. The maximum absolute atomic E-state index is 12.1. The van der Waals surface area contributed by atoms with E-state index < -0.39 is 18.0 Å². The molecular weight excluding hydrogens is 304 g/mol. The molecule has 5 nitrogen and oxygen atoms in total.